The van der Waals surface area contributed by atoms with Crippen molar-refractivity contribution in [3.63, 3.8) is 0 Å². The molecule has 6 nitrogen and oxygen atoms in total. The van der Waals surface area contributed by atoms with E-state index in [4.69, 9.17) is 0 Å². The summed E-state index contributed by atoms with van der Waals surface area (Å²) in [7, 11) is 1.34. The van der Waals surface area contributed by atoms with Crippen LogP contribution in [-0.2, 0) is 11.3 Å². The summed E-state index contributed by atoms with van der Waals surface area (Å²) < 4.78 is 28.2. The van der Waals surface area contributed by atoms with Crippen molar-refractivity contribution in [1.29, 1.82) is 0 Å². The topological polar surface area (TPSA) is 80.2 Å². The number of halogens is 2. The van der Waals surface area contributed by atoms with Crippen LogP contribution in [0.5, 0.6) is 0 Å². The Balaban J connectivity index is 1.89. The van der Waals surface area contributed by atoms with E-state index in [0.717, 1.165) is 17.7 Å². The lowest BCUT2D eigenvalue weighted by Crippen LogP contribution is -2.41. The second kappa shape index (κ2) is 9.13. The molecule has 1 aromatic heterocycles. The maximum absolute atomic E-state index is 13.6. The van der Waals surface area contributed by atoms with E-state index < -0.39 is 35.0 Å². The van der Waals surface area contributed by atoms with Crippen molar-refractivity contribution in [3.8, 4) is 0 Å². The van der Waals surface area contributed by atoms with Gasteiger partial charge in [-0.05, 0) is 35.4 Å². The van der Waals surface area contributed by atoms with Gasteiger partial charge in [-0.2, -0.15) is 0 Å². The molecule has 0 bridgehead atoms. The highest BCUT2D eigenvalue weighted by Gasteiger charge is 2.25. The summed E-state index contributed by atoms with van der Waals surface area (Å²) in [6.07, 6.45) is 1.55. The van der Waals surface area contributed by atoms with Gasteiger partial charge in [0.05, 0.1) is 6.54 Å². The number of rotatable bonds is 6. The maximum atomic E-state index is 13.6. The third-order valence-corrected chi connectivity index (χ3v) is 4.52. The average Bonchev–Trinajstić information content (AvgIpc) is 2.75. The van der Waals surface area contributed by atoms with Crippen molar-refractivity contribution in [2.24, 2.45) is 0 Å². The summed E-state index contributed by atoms with van der Waals surface area (Å²) in [5.74, 6) is -3.68. The monoisotopic (exact) mass is 411 g/mol. The van der Waals surface area contributed by atoms with E-state index in [1.54, 1.807) is 12.3 Å². The van der Waals surface area contributed by atoms with Gasteiger partial charge in [-0.15, -0.1) is 0 Å². The first-order chi connectivity index (χ1) is 14.4. The summed E-state index contributed by atoms with van der Waals surface area (Å²) in [5.41, 5.74) is 0.203. The van der Waals surface area contributed by atoms with Gasteiger partial charge in [0.1, 0.15) is 11.6 Å². The van der Waals surface area contributed by atoms with Crippen LogP contribution in [0.2, 0.25) is 0 Å². The molecule has 8 heteroatoms. The largest absolute Gasteiger partial charge is 0.357 e. The van der Waals surface area contributed by atoms with Crippen molar-refractivity contribution < 1.29 is 18.4 Å². The van der Waals surface area contributed by atoms with Gasteiger partial charge in [0, 0.05) is 13.2 Å². The number of pyridine rings is 1. The minimum absolute atomic E-state index is 0.0437. The molecule has 0 radical (unpaired) electrons. The minimum atomic E-state index is -1.31. The third kappa shape index (κ3) is 4.60. The third-order valence-electron chi connectivity index (χ3n) is 4.52. The number of carbonyl (C=O) groups excluding carboxylic acids is 2. The summed E-state index contributed by atoms with van der Waals surface area (Å²) in [4.78, 5) is 37.8. The molecule has 0 saturated carbocycles. The van der Waals surface area contributed by atoms with Gasteiger partial charge < -0.3 is 15.2 Å². The van der Waals surface area contributed by atoms with Crippen molar-refractivity contribution in [2.45, 2.75) is 12.6 Å². The van der Waals surface area contributed by atoms with Crippen molar-refractivity contribution in [2.75, 3.05) is 7.05 Å². The molecule has 0 aliphatic carbocycles. The van der Waals surface area contributed by atoms with E-state index in [-0.39, 0.29) is 17.7 Å². The lowest BCUT2D eigenvalue weighted by atomic mass is 10.0. The van der Waals surface area contributed by atoms with E-state index in [0.29, 0.717) is 0 Å². The molecule has 1 unspecified atom stereocenters. The quantitative estimate of drug-likeness (QED) is 0.654. The van der Waals surface area contributed by atoms with Crippen LogP contribution in [0.4, 0.5) is 8.78 Å². The molecule has 1 heterocycles. The Kier molecular flexibility index (Phi) is 6.36. The Bertz CT molecular complexity index is 1130. The summed E-state index contributed by atoms with van der Waals surface area (Å²) in [6.45, 7) is 0.267. The van der Waals surface area contributed by atoms with Gasteiger partial charge in [0.15, 0.2) is 11.6 Å². The number of nitrogens with zero attached hydrogens (tertiary/aromatic N) is 1. The van der Waals surface area contributed by atoms with Crippen LogP contribution in [0, 0.1) is 11.6 Å². The molecule has 0 saturated heterocycles. The molecule has 0 aliphatic rings. The number of aromatic nitrogens is 1. The summed E-state index contributed by atoms with van der Waals surface area (Å²) in [5, 5.41) is 4.79. The zero-order valence-corrected chi connectivity index (χ0v) is 16.1. The lowest BCUT2D eigenvalue weighted by molar-refractivity contribution is -0.122. The molecule has 2 amide bonds. The lowest BCUT2D eigenvalue weighted by Gasteiger charge is -2.18. The van der Waals surface area contributed by atoms with Gasteiger partial charge in [0.25, 0.3) is 11.5 Å². The number of carbonyl (C=O) groups is 2. The number of hydrogen-bond acceptors (Lipinski definition) is 3. The predicted octanol–water partition coefficient (Wildman–Crippen LogP) is 2.39. The van der Waals surface area contributed by atoms with Crippen LogP contribution < -0.4 is 16.2 Å². The first-order valence-electron chi connectivity index (χ1n) is 9.11. The SMILES string of the molecule is CNC(=O)C(NC(=O)c1cccn(Cc2ccccc2)c1=O)c1ccc(F)c(F)c1. The van der Waals surface area contributed by atoms with Crippen LogP contribution in [0.15, 0.2) is 71.7 Å². The van der Waals surface area contributed by atoms with Crippen LogP contribution in [0.3, 0.4) is 0 Å². The first-order valence-corrected chi connectivity index (χ1v) is 9.11. The molecule has 154 valence electrons. The van der Waals surface area contributed by atoms with E-state index in [2.05, 4.69) is 10.6 Å². The summed E-state index contributed by atoms with van der Waals surface area (Å²) >= 11 is 0. The smallest absolute Gasteiger partial charge is 0.263 e. The number of amides is 2. The van der Waals surface area contributed by atoms with Crippen molar-refractivity contribution in [3.05, 3.63) is 106 Å². The molecule has 0 fully saturated rings. The van der Waals surface area contributed by atoms with Crippen LogP contribution in [-0.4, -0.2) is 23.4 Å². The molecule has 0 aliphatic heterocycles. The molecule has 2 N–H and O–H groups in total. The highest BCUT2D eigenvalue weighted by Crippen LogP contribution is 2.17. The Morgan fingerprint density at radius 2 is 1.73 bits per heavy atom. The highest BCUT2D eigenvalue weighted by molar-refractivity contribution is 5.97. The molecule has 2 aromatic carbocycles. The molecular weight excluding hydrogens is 392 g/mol. The van der Waals surface area contributed by atoms with Gasteiger partial charge in [-0.3, -0.25) is 14.4 Å². The Morgan fingerprint density at radius 3 is 2.40 bits per heavy atom. The minimum Gasteiger partial charge on any atom is -0.357 e. The second-order valence-electron chi connectivity index (χ2n) is 6.53. The molecule has 3 rings (SSSR count). The van der Waals surface area contributed by atoms with Gasteiger partial charge >= 0.3 is 0 Å². The summed E-state index contributed by atoms with van der Waals surface area (Å²) in [6, 6.07) is 13.7. The number of benzene rings is 2. The highest BCUT2D eigenvalue weighted by atomic mass is 19.2. The first kappa shape index (κ1) is 20.9. The zero-order chi connectivity index (χ0) is 21.7. The zero-order valence-electron chi connectivity index (χ0n) is 16.1. The van der Waals surface area contributed by atoms with E-state index >= 15 is 0 Å². The molecular formula is C22H19F2N3O3. The van der Waals surface area contributed by atoms with Crippen molar-refractivity contribution >= 4 is 11.8 Å². The number of hydrogen-bond donors (Lipinski definition) is 2. The fourth-order valence-corrected chi connectivity index (χ4v) is 2.96. The van der Waals surface area contributed by atoms with Crippen molar-refractivity contribution in [1.82, 2.24) is 15.2 Å². The van der Waals surface area contributed by atoms with E-state index in [9.17, 15) is 23.2 Å². The standard InChI is InChI=1S/C22H19F2N3O3/c1-25-21(29)19(15-9-10-17(23)18(24)12-15)26-20(28)16-8-5-11-27(22(16)30)13-14-6-3-2-4-7-14/h2-12,19H,13H2,1H3,(H,25,29)(H,26,28). The van der Waals surface area contributed by atoms with Gasteiger partial charge in [0.2, 0.25) is 5.91 Å². The molecule has 1 atom stereocenters. The maximum Gasteiger partial charge on any atom is 0.263 e. The van der Waals surface area contributed by atoms with Crippen LogP contribution >= 0.6 is 0 Å². The fourth-order valence-electron chi connectivity index (χ4n) is 2.96. The van der Waals surface area contributed by atoms with Crippen LogP contribution in [0.1, 0.15) is 27.5 Å². The Labute approximate surface area is 171 Å². The second-order valence-corrected chi connectivity index (χ2v) is 6.53. The predicted molar refractivity (Wildman–Crippen MR) is 107 cm³/mol. The fraction of sp³-hybridized carbons (Fsp3) is 0.136. The van der Waals surface area contributed by atoms with E-state index in [1.807, 2.05) is 30.3 Å². The van der Waals surface area contributed by atoms with Gasteiger partial charge in [-0.25, -0.2) is 8.78 Å². The molecule has 30 heavy (non-hydrogen) atoms. The average molecular weight is 411 g/mol. The van der Waals surface area contributed by atoms with Crippen LogP contribution in [0.25, 0.3) is 0 Å². The molecule has 3 aromatic rings. The normalized spacial score (nSPS) is 11.6. The van der Waals surface area contributed by atoms with Gasteiger partial charge in [-0.1, -0.05) is 36.4 Å². The number of likely N-dealkylation sites (N-methyl/N-ethyl adjacent to an activating group) is 1. The van der Waals surface area contributed by atoms with E-state index in [1.165, 1.54) is 23.7 Å². The Hall–Kier alpha value is -3.81. The Morgan fingerprint density at radius 1 is 1.00 bits per heavy atom. The number of nitrogens with one attached hydrogen (secondary N) is 2. The molecule has 0 spiro atoms.